The summed E-state index contributed by atoms with van der Waals surface area (Å²) in [7, 11) is 0. The minimum Gasteiger partial charge on any atom is -0.396 e. The molecule has 1 unspecified atom stereocenters. The van der Waals surface area contributed by atoms with Crippen molar-refractivity contribution in [3.63, 3.8) is 0 Å². The molecule has 2 N–H and O–H groups in total. The standard InChI is InChI=1S/C10H22O2/c1-2-3-7-10(12)8-5-4-6-9-11/h10-12H,2-9H2,1H3. The lowest BCUT2D eigenvalue weighted by atomic mass is 10.1. The highest BCUT2D eigenvalue weighted by Gasteiger charge is 2.01. The Hall–Kier alpha value is -0.0800. The Bertz CT molecular complexity index is 83.9. The zero-order valence-electron chi connectivity index (χ0n) is 8.13. The van der Waals surface area contributed by atoms with Gasteiger partial charge in [-0.25, -0.2) is 0 Å². The smallest absolute Gasteiger partial charge is 0.0540 e. The molecule has 0 aromatic rings. The third-order valence-corrected chi connectivity index (χ3v) is 2.09. The van der Waals surface area contributed by atoms with Crippen molar-refractivity contribution in [3.8, 4) is 0 Å². The highest BCUT2D eigenvalue weighted by atomic mass is 16.3. The Morgan fingerprint density at radius 1 is 1.00 bits per heavy atom. The Labute approximate surface area is 75.6 Å². The summed E-state index contributed by atoms with van der Waals surface area (Å²) in [6, 6.07) is 0. The van der Waals surface area contributed by atoms with E-state index in [0.29, 0.717) is 0 Å². The molecule has 0 aromatic carbocycles. The predicted octanol–water partition coefficient (Wildman–Crippen LogP) is 2.09. The number of aliphatic hydroxyl groups excluding tert-OH is 2. The first-order valence-corrected chi connectivity index (χ1v) is 5.10. The Balaban J connectivity index is 3.02. The summed E-state index contributed by atoms with van der Waals surface area (Å²) in [6.45, 7) is 2.42. The van der Waals surface area contributed by atoms with E-state index in [-0.39, 0.29) is 12.7 Å². The molecular weight excluding hydrogens is 152 g/mol. The van der Waals surface area contributed by atoms with Crippen LogP contribution in [0.3, 0.4) is 0 Å². The van der Waals surface area contributed by atoms with Crippen molar-refractivity contribution >= 4 is 0 Å². The molecule has 0 aliphatic heterocycles. The largest absolute Gasteiger partial charge is 0.396 e. The van der Waals surface area contributed by atoms with E-state index in [1.54, 1.807) is 0 Å². The zero-order chi connectivity index (χ0) is 9.23. The van der Waals surface area contributed by atoms with Crippen LogP contribution >= 0.6 is 0 Å². The summed E-state index contributed by atoms with van der Waals surface area (Å²) in [5.41, 5.74) is 0. The summed E-state index contributed by atoms with van der Waals surface area (Å²) in [5, 5.41) is 17.9. The molecule has 0 fully saturated rings. The van der Waals surface area contributed by atoms with Gasteiger partial charge in [0.25, 0.3) is 0 Å². The van der Waals surface area contributed by atoms with Gasteiger partial charge in [0, 0.05) is 6.61 Å². The van der Waals surface area contributed by atoms with Crippen LogP contribution in [-0.2, 0) is 0 Å². The van der Waals surface area contributed by atoms with Gasteiger partial charge >= 0.3 is 0 Å². The van der Waals surface area contributed by atoms with Crippen molar-refractivity contribution in [2.24, 2.45) is 0 Å². The molecule has 2 heteroatoms. The van der Waals surface area contributed by atoms with Crippen LogP contribution in [-0.4, -0.2) is 22.9 Å². The first-order chi connectivity index (χ1) is 5.81. The summed E-state index contributed by atoms with van der Waals surface area (Å²) in [4.78, 5) is 0. The van der Waals surface area contributed by atoms with E-state index in [4.69, 9.17) is 5.11 Å². The second-order valence-electron chi connectivity index (χ2n) is 3.37. The third-order valence-electron chi connectivity index (χ3n) is 2.09. The van der Waals surface area contributed by atoms with Gasteiger partial charge in [0.2, 0.25) is 0 Å². The lowest BCUT2D eigenvalue weighted by Gasteiger charge is -2.08. The SMILES string of the molecule is CCCCC(O)CCCCCO. The highest BCUT2D eigenvalue weighted by Crippen LogP contribution is 2.08. The minimum absolute atomic E-state index is 0.108. The van der Waals surface area contributed by atoms with Crippen LogP contribution in [0.4, 0.5) is 0 Å². The molecule has 0 aliphatic rings. The predicted molar refractivity (Wildman–Crippen MR) is 51.1 cm³/mol. The van der Waals surface area contributed by atoms with Crippen molar-refractivity contribution in [3.05, 3.63) is 0 Å². The zero-order valence-corrected chi connectivity index (χ0v) is 8.13. The van der Waals surface area contributed by atoms with Gasteiger partial charge in [-0.15, -0.1) is 0 Å². The third kappa shape index (κ3) is 8.02. The summed E-state index contributed by atoms with van der Waals surface area (Å²) in [6.07, 6.45) is 6.99. The molecule has 0 saturated carbocycles. The molecule has 1 atom stereocenters. The van der Waals surface area contributed by atoms with E-state index in [0.717, 1.165) is 44.9 Å². The molecular formula is C10H22O2. The van der Waals surface area contributed by atoms with Gasteiger partial charge in [-0.1, -0.05) is 32.6 Å². The van der Waals surface area contributed by atoms with Gasteiger partial charge in [-0.3, -0.25) is 0 Å². The first-order valence-electron chi connectivity index (χ1n) is 5.10. The molecule has 0 rings (SSSR count). The van der Waals surface area contributed by atoms with Crippen LogP contribution in [0.2, 0.25) is 0 Å². The Morgan fingerprint density at radius 3 is 2.25 bits per heavy atom. The van der Waals surface area contributed by atoms with E-state index in [9.17, 15) is 5.11 Å². The average Bonchev–Trinajstić information content (AvgIpc) is 2.09. The van der Waals surface area contributed by atoms with Crippen LogP contribution < -0.4 is 0 Å². The monoisotopic (exact) mass is 174 g/mol. The number of unbranched alkanes of at least 4 members (excludes halogenated alkanes) is 3. The van der Waals surface area contributed by atoms with Gasteiger partial charge in [-0.05, 0) is 19.3 Å². The fraction of sp³-hybridized carbons (Fsp3) is 1.00. The Morgan fingerprint density at radius 2 is 1.67 bits per heavy atom. The molecule has 0 saturated heterocycles. The summed E-state index contributed by atoms with van der Waals surface area (Å²) in [5.74, 6) is 0. The quantitative estimate of drug-likeness (QED) is 0.553. The summed E-state index contributed by atoms with van der Waals surface area (Å²) >= 11 is 0. The number of hydrogen-bond donors (Lipinski definition) is 2. The van der Waals surface area contributed by atoms with Crippen molar-refractivity contribution in [1.29, 1.82) is 0 Å². The van der Waals surface area contributed by atoms with Gasteiger partial charge < -0.3 is 10.2 Å². The topological polar surface area (TPSA) is 40.5 Å². The second kappa shape index (κ2) is 9.01. The first kappa shape index (κ1) is 11.9. The fourth-order valence-electron chi connectivity index (χ4n) is 1.25. The van der Waals surface area contributed by atoms with E-state index in [1.807, 2.05) is 0 Å². The molecule has 0 spiro atoms. The number of hydrogen-bond acceptors (Lipinski definition) is 2. The van der Waals surface area contributed by atoms with Crippen LogP contribution in [0.1, 0.15) is 51.9 Å². The van der Waals surface area contributed by atoms with E-state index >= 15 is 0 Å². The average molecular weight is 174 g/mol. The molecule has 74 valence electrons. The van der Waals surface area contributed by atoms with Crippen LogP contribution in [0.15, 0.2) is 0 Å². The molecule has 0 bridgehead atoms. The van der Waals surface area contributed by atoms with E-state index in [1.165, 1.54) is 0 Å². The maximum atomic E-state index is 9.42. The van der Waals surface area contributed by atoms with Crippen LogP contribution in [0, 0.1) is 0 Å². The van der Waals surface area contributed by atoms with E-state index < -0.39 is 0 Å². The number of rotatable bonds is 8. The van der Waals surface area contributed by atoms with Crippen molar-refractivity contribution in [2.75, 3.05) is 6.61 Å². The molecule has 0 radical (unpaired) electrons. The van der Waals surface area contributed by atoms with Crippen molar-refractivity contribution < 1.29 is 10.2 Å². The van der Waals surface area contributed by atoms with E-state index in [2.05, 4.69) is 6.92 Å². The van der Waals surface area contributed by atoms with Gasteiger partial charge in [0.1, 0.15) is 0 Å². The Kier molecular flexibility index (Phi) is 8.95. The van der Waals surface area contributed by atoms with Crippen molar-refractivity contribution in [2.45, 2.75) is 58.0 Å². The van der Waals surface area contributed by atoms with Gasteiger partial charge in [0.15, 0.2) is 0 Å². The van der Waals surface area contributed by atoms with Crippen LogP contribution in [0.5, 0.6) is 0 Å². The second-order valence-corrected chi connectivity index (χ2v) is 3.37. The molecule has 2 nitrogen and oxygen atoms in total. The molecule has 0 amide bonds. The molecule has 12 heavy (non-hydrogen) atoms. The van der Waals surface area contributed by atoms with Gasteiger partial charge in [0.05, 0.1) is 6.10 Å². The van der Waals surface area contributed by atoms with Crippen molar-refractivity contribution in [1.82, 2.24) is 0 Å². The molecule has 0 aromatic heterocycles. The lowest BCUT2D eigenvalue weighted by molar-refractivity contribution is 0.147. The number of aliphatic hydroxyl groups is 2. The molecule has 0 heterocycles. The maximum absolute atomic E-state index is 9.42. The maximum Gasteiger partial charge on any atom is 0.0540 e. The summed E-state index contributed by atoms with van der Waals surface area (Å²) < 4.78 is 0. The normalized spacial score (nSPS) is 13.2. The lowest BCUT2D eigenvalue weighted by Crippen LogP contribution is -2.05. The minimum atomic E-state index is -0.108. The highest BCUT2D eigenvalue weighted by molar-refractivity contribution is 4.55. The molecule has 0 aliphatic carbocycles. The van der Waals surface area contributed by atoms with Gasteiger partial charge in [-0.2, -0.15) is 0 Å². The van der Waals surface area contributed by atoms with Crippen LogP contribution in [0.25, 0.3) is 0 Å². The fourth-order valence-corrected chi connectivity index (χ4v) is 1.25.